The van der Waals surface area contributed by atoms with E-state index in [9.17, 15) is 9.18 Å². The molecular formula is C21H20FNO3. The molecule has 1 aliphatic heterocycles. The van der Waals surface area contributed by atoms with E-state index in [1.54, 1.807) is 18.2 Å². The lowest BCUT2D eigenvalue weighted by Gasteiger charge is -2.22. The molecule has 0 radical (unpaired) electrons. The SMILES string of the molecule is O=C(/C=C/c1cccc(F)c1)NC(c1ccc2c(c1)OCCO2)C1CC1. The quantitative estimate of drug-likeness (QED) is 0.830. The third kappa shape index (κ3) is 3.87. The zero-order valence-electron chi connectivity index (χ0n) is 14.3. The number of carbonyl (C=O) groups is 1. The molecule has 1 atom stereocenters. The molecule has 0 spiro atoms. The number of carbonyl (C=O) groups excluding carboxylic acids is 1. The van der Waals surface area contributed by atoms with Crippen molar-refractivity contribution in [2.45, 2.75) is 18.9 Å². The van der Waals surface area contributed by atoms with Crippen LogP contribution in [-0.4, -0.2) is 19.1 Å². The summed E-state index contributed by atoms with van der Waals surface area (Å²) in [5.74, 6) is 1.39. The Morgan fingerprint density at radius 1 is 1.12 bits per heavy atom. The fraction of sp³-hybridized carbons (Fsp3) is 0.286. The summed E-state index contributed by atoms with van der Waals surface area (Å²) >= 11 is 0. The van der Waals surface area contributed by atoms with Gasteiger partial charge in [-0.15, -0.1) is 0 Å². The van der Waals surface area contributed by atoms with Gasteiger partial charge >= 0.3 is 0 Å². The van der Waals surface area contributed by atoms with Gasteiger partial charge in [0.1, 0.15) is 19.0 Å². The maximum absolute atomic E-state index is 13.2. The van der Waals surface area contributed by atoms with Crippen molar-refractivity contribution < 1.29 is 18.7 Å². The highest BCUT2D eigenvalue weighted by atomic mass is 19.1. The molecular weight excluding hydrogens is 333 g/mol. The Bertz CT molecular complexity index is 845. The maximum atomic E-state index is 13.2. The van der Waals surface area contributed by atoms with E-state index < -0.39 is 0 Å². The lowest BCUT2D eigenvalue weighted by Crippen LogP contribution is -2.28. The number of rotatable bonds is 5. The molecule has 134 valence electrons. The number of fused-ring (bicyclic) bond motifs is 1. The zero-order chi connectivity index (χ0) is 17.9. The van der Waals surface area contributed by atoms with Crippen molar-refractivity contribution in [1.29, 1.82) is 0 Å². The van der Waals surface area contributed by atoms with Crippen LogP contribution in [0.1, 0.15) is 30.0 Å². The third-order valence-corrected chi connectivity index (χ3v) is 4.59. The average Bonchev–Trinajstić information content (AvgIpc) is 3.49. The number of amides is 1. The molecule has 1 unspecified atom stereocenters. The Morgan fingerprint density at radius 2 is 1.92 bits per heavy atom. The number of halogens is 1. The molecule has 0 aromatic heterocycles. The minimum Gasteiger partial charge on any atom is -0.486 e. The molecule has 2 aliphatic rings. The molecule has 2 aromatic carbocycles. The van der Waals surface area contributed by atoms with Gasteiger partial charge in [0.15, 0.2) is 11.5 Å². The summed E-state index contributed by atoms with van der Waals surface area (Å²) in [4.78, 5) is 12.4. The number of nitrogens with one attached hydrogen (secondary N) is 1. The molecule has 2 aromatic rings. The Labute approximate surface area is 151 Å². The maximum Gasteiger partial charge on any atom is 0.244 e. The Kier molecular flexibility index (Phi) is 4.61. The Hall–Kier alpha value is -2.82. The van der Waals surface area contributed by atoms with Crippen LogP contribution in [0.4, 0.5) is 4.39 Å². The molecule has 1 saturated carbocycles. The van der Waals surface area contributed by atoms with Crippen molar-refractivity contribution in [2.24, 2.45) is 5.92 Å². The van der Waals surface area contributed by atoms with Crippen LogP contribution in [0.25, 0.3) is 6.08 Å². The zero-order valence-corrected chi connectivity index (χ0v) is 14.3. The highest BCUT2D eigenvalue weighted by Gasteiger charge is 2.33. The monoisotopic (exact) mass is 353 g/mol. The molecule has 4 rings (SSSR count). The van der Waals surface area contributed by atoms with Crippen molar-refractivity contribution in [3.63, 3.8) is 0 Å². The normalized spacial score (nSPS) is 17.1. The van der Waals surface area contributed by atoms with E-state index in [1.165, 1.54) is 18.2 Å². The van der Waals surface area contributed by atoms with E-state index in [-0.39, 0.29) is 17.8 Å². The van der Waals surface area contributed by atoms with Gasteiger partial charge in [-0.05, 0) is 60.2 Å². The molecule has 4 nitrogen and oxygen atoms in total. The van der Waals surface area contributed by atoms with Gasteiger partial charge in [-0.2, -0.15) is 0 Å². The van der Waals surface area contributed by atoms with E-state index in [1.807, 2.05) is 18.2 Å². The van der Waals surface area contributed by atoms with Crippen LogP contribution in [0.3, 0.4) is 0 Å². The van der Waals surface area contributed by atoms with Gasteiger partial charge in [0.25, 0.3) is 0 Å². The Balaban J connectivity index is 1.48. The molecule has 1 aliphatic carbocycles. The first-order chi connectivity index (χ1) is 12.7. The van der Waals surface area contributed by atoms with E-state index in [2.05, 4.69) is 5.32 Å². The summed E-state index contributed by atoms with van der Waals surface area (Å²) in [7, 11) is 0. The summed E-state index contributed by atoms with van der Waals surface area (Å²) in [5, 5.41) is 3.07. The fourth-order valence-electron chi connectivity index (χ4n) is 3.14. The standard InChI is InChI=1S/C21H20FNO3/c22-17-3-1-2-14(12-17)4-9-20(24)23-21(15-5-6-15)16-7-8-18-19(13-16)26-11-10-25-18/h1-4,7-9,12-13,15,21H,5-6,10-11H2,(H,23,24)/b9-4+. The van der Waals surface area contributed by atoms with Crippen LogP contribution in [0.15, 0.2) is 48.5 Å². The van der Waals surface area contributed by atoms with Gasteiger partial charge < -0.3 is 14.8 Å². The first-order valence-electron chi connectivity index (χ1n) is 8.83. The first-order valence-corrected chi connectivity index (χ1v) is 8.83. The predicted octanol–water partition coefficient (Wildman–Crippen LogP) is 3.88. The minimum atomic E-state index is -0.320. The van der Waals surface area contributed by atoms with Gasteiger partial charge in [0.2, 0.25) is 5.91 Å². The van der Waals surface area contributed by atoms with Crippen molar-refractivity contribution in [3.05, 3.63) is 65.5 Å². The van der Waals surface area contributed by atoms with Crippen LogP contribution in [-0.2, 0) is 4.79 Å². The van der Waals surface area contributed by atoms with Gasteiger partial charge in [0, 0.05) is 6.08 Å². The number of hydrogen-bond acceptors (Lipinski definition) is 3. The van der Waals surface area contributed by atoms with Crippen LogP contribution < -0.4 is 14.8 Å². The van der Waals surface area contributed by atoms with Crippen molar-refractivity contribution >= 4 is 12.0 Å². The van der Waals surface area contributed by atoms with Gasteiger partial charge in [-0.25, -0.2) is 4.39 Å². The van der Waals surface area contributed by atoms with Gasteiger partial charge in [0.05, 0.1) is 6.04 Å². The summed E-state index contributed by atoms with van der Waals surface area (Å²) in [5.41, 5.74) is 1.67. The number of ether oxygens (including phenoxy) is 2. The number of benzene rings is 2. The van der Waals surface area contributed by atoms with Gasteiger partial charge in [-0.3, -0.25) is 4.79 Å². The van der Waals surface area contributed by atoms with Crippen molar-refractivity contribution in [3.8, 4) is 11.5 Å². The molecule has 0 bridgehead atoms. The largest absolute Gasteiger partial charge is 0.486 e. The van der Waals surface area contributed by atoms with Crippen LogP contribution in [0, 0.1) is 11.7 Å². The van der Waals surface area contributed by atoms with Crippen molar-refractivity contribution in [1.82, 2.24) is 5.32 Å². The topological polar surface area (TPSA) is 47.6 Å². The van der Waals surface area contributed by atoms with E-state index in [0.29, 0.717) is 24.7 Å². The van der Waals surface area contributed by atoms with E-state index in [0.717, 1.165) is 29.9 Å². The fourth-order valence-corrected chi connectivity index (χ4v) is 3.14. The summed E-state index contributed by atoms with van der Waals surface area (Å²) in [6.07, 6.45) is 5.24. The molecule has 1 N–H and O–H groups in total. The minimum absolute atomic E-state index is 0.0597. The average molecular weight is 353 g/mol. The van der Waals surface area contributed by atoms with Crippen LogP contribution in [0.2, 0.25) is 0 Å². The summed E-state index contributed by atoms with van der Waals surface area (Å²) in [6, 6.07) is 11.9. The molecule has 1 heterocycles. The molecule has 5 heteroatoms. The molecule has 0 saturated heterocycles. The smallest absolute Gasteiger partial charge is 0.244 e. The second kappa shape index (κ2) is 7.20. The second-order valence-corrected chi connectivity index (χ2v) is 6.62. The van der Waals surface area contributed by atoms with Gasteiger partial charge in [-0.1, -0.05) is 18.2 Å². The number of hydrogen-bond donors (Lipinski definition) is 1. The van der Waals surface area contributed by atoms with Crippen molar-refractivity contribution in [2.75, 3.05) is 13.2 Å². The summed E-state index contributed by atoms with van der Waals surface area (Å²) in [6.45, 7) is 1.09. The summed E-state index contributed by atoms with van der Waals surface area (Å²) < 4.78 is 24.4. The van der Waals surface area contributed by atoms with Crippen LogP contribution >= 0.6 is 0 Å². The highest BCUT2D eigenvalue weighted by Crippen LogP contribution is 2.43. The van der Waals surface area contributed by atoms with E-state index >= 15 is 0 Å². The lowest BCUT2D eigenvalue weighted by atomic mass is 10.0. The third-order valence-electron chi connectivity index (χ3n) is 4.59. The lowest BCUT2D eigenvalue weighted by molar-refractivity contribution is -0.117. The Morgan fingerprint density at radius 3 is 2.69 bits per heavy atom. The van der Waals surface area contributed by atoms with E-state index in [4.69, 9.17) is 9.47 Å². The second-order valence-electron chi connectivity index (χ2n) is 6.62. The predicted molar refractivity (Wildman–Crippen MR) is 96.5 cm³/mol. The molecule has 26 heavy (non-hydrogen) atoms. The highest BCUT2D eigenvalue weighted by molar-refractivity contribution is 5.92. The molecule has 1 amide bonds. The molecule has 1 fully saturated rings. The van der Waals surface area contributed by atoms with Crippen LogP contribution in [0.5, 0.6) is 11.5 Å². The first kappa shape index (κ1) is 16.6.